The molecule has 0 spiro atoms. The van der Waals surface area contributed by atoms with E-state index in [1.54, 1.807) is 19.1 Å². The lowest BCUT2D eigenvalue weighted by molar-refractivity contribution is -0.144. The number of benzene rings is 1. The number of hydrogen-bond acceptors (Lipinski definition) is 4. The molecule has 0 atom stereocenters. The molecule has 0 saturated carbocycles. The molecule has 2 heterocycles. The molecule has 2 aromatic heterocycles. The van der Waals surface area contributed by atoms with E-state index in [0.717, 1.165) is 14.7 Å². The lowest BCUT2D eigenvalue weighted by Crippen LogP contribution is -2.41. The van der Waals surface area contributed by atoms with E-state index in [2.05, 4.69) is 11.0 Å². The molecular weight excluding hydrogens is 355 g/mol. The molecule has 0 aliphatic heterocycles. The Morgan fingerprint density at radius 1 is 1.28 bits per heavy atom. The van der Waals surface area contributed by atoms with Crippen molar-refractivity contribution in [2.45, 2.75) is 19.6 Å². The molecule has 5 nitrogen and oxygen atoms in total. The minimum absolute atomic E-state index is 0.192. The largest absolute Gasteiger partial charge is 0.431 e. The summed E-state index contributed by atoms with van der Waals surface area (Å²) in [5.41, 5.74) is -2.50. The SMILES string of the molecule is C=CCn1c(C(F)(F)F)cc(=O)n(-c2ccc3snc(C)c3c2)c1=O. The Hall–Kier alpha value is -2.68. The minimum Gasteiger partial charge on any atom is -0.285 e. The van der Waals surface area contributed by atoms with E-state index < -0.39 is 23.1 Å². The second kappa shape index (κ2) is 5.99. The highest BCUT2D eigenvalue weighted by atomic mass is 32.1. The van der Waals surface area contributed by atoms with Gasteiger partial charge in [0.2, 0.25) is 0 Å². The Morgan fingerprint density at radius 3 is 2.64 bits per heavy atom. The van der Waals surface area contributed by atoms with Gasteiger partial charge in [-0.3, -0.25) is 9.36 Å². The Morgan fingerprint density at radius 2 is 2.00 bits per heavy atom. The maximum absolute atomic E-state index is 13.1. The number of rotatable bonds is 3. The molecule has 0 saturated heterocycles. The first-order valence-corrected chi connectivity index (χ1v) is 7.93. The van der Waals surface area contributed by atoms with E-state index >= 15 is 0 Å². The van der Waals surface area contributed by atoms with Crippen LogP contribution in [-0.4, -0.2) is 13.5 Å². The maximum Gasteiger partial charge on any atom is 0.431 e. The van der Waals surface area contributed by atoms with Gasteiger partial charge in [-0.2, -0.15) is 17.5 Å². The lowest BCUT2D eigenvalue weighted by atomic mass is 10.2. The zero-order valence-electron chi connectivity index (χ0n) is 13.0. The Balaban J connectivity index is 2.33. The highest BCUT2D eigenvalue weighted by Crippen LogP contribution is 2.28. The average Bonchev–Trinajstić information content (AvgIpc) is 2.90. The molecule has 0 aliphatic carbocycles. The molecular formula is C16H12F3N3O2S. The van der Waals surface area contributed by atoms with E-state index in [-0.39, 0.29) is 12.2 Å². The first kappa shape index (κ1) is 17.2. The molecule has 3 rings (SSSR count). The van der Waals surface area contributed by atoms with Gasteiger partial charge in [0.1, 0.15) is 5.69 Å². The first-order valence-electron chi connectivity index (χ1n) is 7.15. The second-order valence-corrected chi connectivity index (χ2v) is 6.14. The third-order valence-electron chi connectivity index (χ3n) is 3.69. The number of hydrogen-bond donors (Lipinski definition) is 0. The summed E-state index contributed by atoms with van der Waals surface area (Å²) < 4.78 is 45.6. The van der Waals surface area contributed by atoms with E-state index in [9.17, 15) is 22.8 Å². The molecule has 0 radical (unpaired) electrons. The molecule has 0 unspecified atom stereocenters. The molecule has 0 amide bonds. The average molecular weight is 367 g/mol. The fraction of sp³-hybridized carbons (Fsp3) is 0.188. The summed E-state index contributed by atoms with van der Waals surface area (Å²) in [6.45, 7) is 4.78. The summed E-state index contributed by atoms with van der Waals surface area (Å²) in [4.78, 5) is 24.8. The van der Waals surface area contributed by atoms with Gasteiger partial charge in [0, 0.05) is 18.0 Å². The van der Waals surface area contributed by atoms with Gasteiger partial charge in [-0.05, 0) is 36.7 Å². The fourth-order valence-corrected chi connectivity index (χ4v) is 3.31. The van der Waals surface area contributed by atoms with E-state index in [1.165, 1.54) is 23.7 Å². The Labute approximate surface area is 143 Å². The standard InChI is InChI=1S/C16H12F3N3O2S/c1-3-6-21-13(16(17,18)19)8-14(23)22(15(21)24)10-4-5-12-11(7-10)9(2)20-25-12/h3-5,7-8H,1,6H2,2H3. The number of halogens is 3. The molecule has 0 N–H and O–H groups in total. The summed E-state index contributed by atoms with van der Waals surface area (Å²) in [5.74, 6) is 0. The highest BCUT2D eigenvalue weighted by Gasteiger charge is 2.35. The third kappa shape index (κ3) is 2.91. The van der Waals surface area contributed by atoms with Crippen LogP contribution >= 0.6 is 11.5 Å². The smallest absolute Gasteiger partial charge is 0.285 e. The van der Waals surface area contributed by atoms with Gasteiger partial charge in [-0.25, -0.2) is 9.36 Å². The van der Waals surface area contributed by atoms with E-state index in [4.69, 9.17) is 0 Å². The fourth-order valence-electron chi connectivity index (χ4n) is 2.54. The van der Waals surface area contributed by atoms with Gasteiger partial charge in [-0.1, -0.05) is 6.08 Å². The van der Waals surface area contributed by atoms with Crippen LogP contribution in [0.2, 0.25) is 0 Å². The van der Waals surface area contributed by atoms with Crippen molar-refractivity contribution in [1.82, 2.24) is 13.5 Å². The maximum atomic E-state index is 13.1. The van der Waals surface area contributed by atoms with Crippen molar-refractivity contribution < 1.29 is 13.2 Å². The molecule has 0 aliphatic rings. The number of allylic oxidation sites excluding steroid dienone is 1. The highest BCUT2D eigenvalue weighted by molar-refractivity contribution is 7.13. The third-order valence-corrected chi connectivity index (χ3v) is 4.61. The van der Waals surface area contributed by atoms with Crippen molar-refractivity contribution in [2.24, 2.45) is 0 Å². The number of alkyl halides is 3. The van der Waals surface area contributed by atoms with Crippen LogP contribution < -0.4 is 11.2 Å². The van der Waals surface area contributed by atoms with Crippen LogP contribution in [0.25, 0.3) is 15.8 Å². The minimum atomic E-state index is -4.82. The number of nitrogens with zero attached hydrogens (tertiary/aromatic N) is 3. The predicted octanol–water partition coefficient (Wildman–Crippen LogP) is 3.12. The van der Waals surface area contributed by atoms with Crippen LogP contribution in [0, 0.1) is 6.92 Å². The molecule has 25 heavy (non-hydrogen) atoms. The van der Waals surface area contributed by atoms with Gasteiger partial charge < -0.3 is 0 Å². The molecule has 130 valence electrons. The summed E-state index contributed by atoms with van der Waals surface area (Å²) in [6.07, 6.45) is -3.65. The summed E-state index contributed by atoms with van der Waals surface area (Å²) in [6, 6.07) is 5.18. The Bertz CT molecular complexity index is 1090. The van der Waals surface area contributed by atoms with Crippen molar-refractivity contribution in [3.63, 3.8) is 0 Å². The van der Waals surface area contributed by atoms with Crippen molar-refractivity contribution >= 4 is 21.6 Å². The van der Waals surface area contributed by atoms with Crippen molar-refractivity contribution in [1.29, 1.82) is 0 Å². The number of fused-ring (bicyclic) bond motifs is 1. The van der Waals surface area contributed by atoms with Gasteiger partial charge in [-0.15, -0.1) is 6.58 Å². The molecule has 1 aromatic carbocycles. The monoisotopic (exact) mass is 367 g/mol. The van der Waals surface area contributed by atoms with Crippen LogP contribution in [0.3, 0.4) is 0 Å². The number of aromatic nitrogens is 3. The first-order chi connectivity index (χ1) is 11.7. The zero-order valence-corrected chi connectivity index (χ0v) is 13.8. The van der Waals surface area contributed by atoms with E-state index in [0.29, 0.717) is 16.3 Å². The molecule has 0 bridgehead atoms. The van der Waals surface area contributed by atoms with Crippen LogP contribution in [0.4, 0.5) is 13.2 Å². The lowest BCUT2D eigenvalue weighted by Gasteiger charge is -2.16. The van der Waals surface area contributed by atoms with Crippen molar-refractivity contribution in [2.75, 3.05) is 0 Å². The van der Waals surface area contributed by atoms with Crippen LogP contribution in [0.5, 0.6) is 0 Å². The van der Waals surface area contributed by atoms with Crippen LogP contribution in [-0.2, 0) is 12.7 Å². The van der Waals surface area contributed by atoms with Crippen LogP contribution in [0.1, 0.15) is 11.4 Å². The van der Waals surface area contributed by atoms with Gasteiger partial charge >= 0.3 is 11.9 Å². The predicted molar refractivity (Wildman–Crippen MR) is 89.4 cm³/mol. The summed E-state index contributed by atoms with van der Waals surface area (Å²) >= 11 is 1.26. The van der Waals surface area contributed by atoms with Crippen molar-refractivity contribution in [3.05, 3.63) is 69.1 Å². The summed E-state index contributed by atoms with van der Waals surface area (Å²) in [7, 11) is 0. The number of aryl methyl sites for hydroxylation is 1. The van der Waals surface area contributed by atoms with Gasteiger partial charge in [0.15, 0.2) is 0 Å². The summed E-state index contributed by atoms with van der Waals surface area (Å²) in [5, 5.41) is 0.740. The second-order valence-electron chi connectivity index (χ2n) is 5.33. The van der Waals surface area contributed by atoms with E-state index in [1.807, 2.05) is 0 Å². The van der Waals surface area contributed by atoms with Gasteiger partial charge in [0.25, 0.3) is 5.56 Å². The molecule has 3 aromatic rings. The van der Waals surface area contributed by atoms with Gasteiger partial charge in [0.05, 0.1) is 16.1 Å². The quantitative estimate of drug-likeness (QED) is 0.669. The normalized spacial score (nSPS) is 11.8. The van der Waals surface area contributed by atoms with Crippen LogP contribution in [0.15, 0.2) is 46.5 Å². The molecule has 0 fully saturated rings. The van der Waals surface area contributed by atoms with Crippen molar-refractivity contribution in [3.8, 4) is 5.69 Å². The molecule has 9 heteroatoms. The zero-order chi connectivity index (χ0) is 18.4. The topological polar surface area (TPSA) is 56.9 Å². The Kier molecular flexibility index (Phi) is 4.11.